The summed E-state index contributed by atoms with van der Waals surface area (Å²) in [5, 5.41) is 4.36. The summed E-state index contributed by atoms with van der Waals surface area (Å²) < 4.78 is 7.12. The van der Waals surface area contributed by atoms with Crippen LogP contribution in [-0.2, 0) is 11.3 Å². The van der Waals surface area contributed by atoms with Crippen molar-refractivity contribution in [3.8, 4) is 0 Å². The van der Waals surface area contributed by atoms with Crippen molar-refractivity contribution in [3.05, 3.63) is 24.0 Å². The molecule has 0 radical (unpaired) electrons. The molecule has 0 saturated carbocycles. The summed E-state index contributed by atoms with van der Waals surface area (Å²) in [7, 11) is 1.71. The fraction of sp³-hybridized carbons (Fsp3) is 0.643. The molecule has 1 heterocycles. The van der Waals surface area contributed by atoms with Gasteiger partial charge in [0, 0.05) is 19.3 Å². The summed E-state index contributed by atoms with van der Waals surface area (Å²) in [4.78, 5) is 0. The Morgan fingerprint density at radius 2 is 2.33 bits per heavy atom. The van der Waals surface area contributed by atoms with Gasteiger partial charge in [0.1, 0.15) is 0 Å². The predicted octanol–water partition coefficient (Wildman–Crippen LogP) is 2.06. The van der Waals surface area contributed by atoms with Gasteiger partial charge >= 0.3 is 0 Å². The first-order valence-electron chi connectivity index (χ1n) is 6.49. The molecule has 18 heavy (non-hydrogen) atoms. The van der Waals surface area contributed by atoms with E-state index in [0.717, 1.165) is 19.4 Å². The molecule has 1 aromatic rings. The highest BCUT2D eigenvalue weighted by Gasteiger charge is 2.28. The van der Waals surface area contributed by atoms with Crippen LogP contribution >= 0.6 is 0 Å². The van der Waals surface area contributed by atoms with Crippen LogP contribution in [-0.4, -0.2) is 29.5 Å². The van der Waals surface area contributed by atoms with Crippen molar-refractivity contribution in [1.29, 1.82) is 0 Å². The first-order chi connectivity index (χ1) is 8.52. The highest BCUT2D eigenvalue weighted by atomic mass is 16.5. The van der Waals surface area contributed by atoms with Gasteiger partial charge in [-0.25, -0.2) is 0 Å². The third kappa shape index (κ3) is 3.00. The fourth-order valence-corrected chi connectivity index (χ4v) is 2.74. The van der Waals surface area contributed by atoms with Crippen molar-refractivity contribution in [2.24, 2.45) is 11.1 Å². The molecule has 4 nitrogen and oxygen atoms in total. The monoisotopic (exact) mass is 249 g/mol. The van der Waals surface area contributed by atoms with Gasteiger partial charge < -0.3 is 10.5 Å². The number of hydrogen-bond donors (Lipinski definition) is 1. The minimum absolute atomic E-state index is 0.148. The molecule has 1 aromatic heterocycles. The Labute approximate surface area is 109 Å². The first-order valence-corrected chi connectivity index (χ1v) is 6.49. The van der Waals surface area contributed by atoms with Crippen molar-refractivity contribution < 1.29 is 4.74 Å². The predicted molar refractivity (Wildman–Crippen MR) is 73.1 cm³/mol. The van der Waals surface area contributed by atoms with E-state index in [1.807, 2.05) is 10.9 Å². The summed E-state index contributed by atoms with van der Waals surface area (Å²) in [6.45, 7) is 6.01. The SMILES string of the molecule is COCCn1nccc1C1=CC(N)CC(C)(C)C1. The highest BCUT2D eigenvalue weighted by Crippen LogP contribution is 2.38. The van der Waals surface area contributed by atoms with Gasteiger partial charge in [-0.1, -0.05) is 19.9 Å². The summed E-state index contributed by atoms with van der Waals surface area (Å²) in [6.07, 6.45) is 6.13. The van der Waals surface area contributed by atoms with Crippen LogP contribution in [0, 0.1) is 5.41 Å². The van der Waals surface area contributed by atoms with Crippen LogP contribution in [0.5, 0.6) is 0 Å². The molecule has 100 valence electrons. The fourth-order valence-electron chi connectivity index (χ4n) is 2.74. The summed E-state index contributed by atoms with van der Waals surface area (Å²) in [5.41, 5.74) is 8.88. The lowest BCUT2D eigenvalue weighted by atomic mass is 9.75. The number of nitrogens with zero attached hydrogens (tertiary/aromatic N) is 2. The molecule has 1 atom stereocenters. The van der Waals surface area contributed by atoms with Crippen LogP contribution in [0.2, 0.25) is 0 Å². The Kier molecular flexibility index (Phi) is 3.88. The summed E-state index contributed by atoms with van der Waals surface area (Å²) in [6, 6.07) is 2.21. The van der Waals surface area contributed by atoms with Gasteiger partial charge in [0.05, 0.1) is 18.8 Å². The minimum Gasteiger partial charge on any atom is -0.383 e. The van der Waals surface area contributed by atoms with Gasteiger partial charge in [0.2, 0.25) is 0 Å². The second-order valence-corrected chi connectivity index (χ2v) is 5.83. The standard InChI is InChI=1S/C14H23N3O/c1-14(2)9-11(8-12(15)10-14)13-4-5-16-17(13)6-7-18-3/h4-5,8,12H,6-7,9-10,15H2,1-3H3. The highest BCUT2D eigenvalue weighted by molar-refractivity contribution is 5.65. The van der Waals surface area contributed by atoms with Crippen LogP contribution in [0.15, 0.2) is 18.3 Å². The van der Waals surface area contributed by atoms with Crippen molar-refractivity contribution >= 4 is 5.57 Å². The van der Waals surface area contributed by atoms with Crippen molar-refractivity contribution in [3.63, 3.8) is 0 Å². The third-order valence-electron chi connectivity index (χ3n) is 3.43. The summed E-state index contributed by atoms with van der Waals surface area (Å²) in [5.74, 6) is 0. The van der Waals surface area contributed by atoms with Gasteiger partial charge in [-0.15, -0.1) is 0 Å². The lowest BCUT2D eigenvalue weighted by Crippen LogP contribution is -2.31. The Morgan fingerprint density at radius 1 is 1.56 bits per heavy atom. The quantitative estimate of drug-likeness (QED) is 0.888. The number of methoxy groups -OCH3 is 1. The second-order valence-electron chi connectivity index (χ2n) is 5.83. The zero-order chi connectivity index (χ0) is 13.2. The molecule has 1 unspecified atom stereocenters. The van der Waals surface area contributed by atoms with Crippen LogP contribution in [0.3, 0.4) is 0 Å². The van der Waals surface area contributed by atoms with Gasteiger partial charge in [0.25, 0.3) is 0 Å². The van der Waals surface area contributed by atoms with E-state index in [0.29, 0.717) is 6.61 Å². The first kappa shape index (κ1) is 13.3. The summed E-state index contributed by atoms with van der Waals surface area (Å²) >= 11 is 0. The lowest BCUT2D eigenvalue weighted by molar-refractivity contribution is 0.183. The van der Waals surface area contributed by atoms with E-state index < -0.39 is 0 Å². The number of rotatable bonds is 4. The van der Waals surface area contributed by atoms with Crippen LogP contribution < -0.4 is 5.73 Å². The molecule has 0 bridgehead atoms. The third-order valence-corrected chi connectivity index (χ3v) is 3.43. The largest absolute Gasteiger partial charge is 0.383 e. The average Bonchev–Trinajstić information content (AvgIpc) is 2.71. The Morgan fingerprint density at radius 3 is 3.00 bits per heavy atom. The topological polar surface area (TPSA) is 53.1 Å². The number of ether oxygens (including phenoxy) is 1. The molecule has 4 heteroatoms. The number of aromatic nitrogens is 2. The van der Waals surface area contributed by atoms with Gasteiger partial charge in [0.15, 0.2) is 0 Å². The molecule has 0 spiro atoms. The maximum Gasteiger partial charge on any atom is 0.0659 e. The van der Waals surface area contributed by atoms with E-state index in [1.54, 1.807) is 7.11 Å². The van der Waals surface area contributed by atoms with Crippen LogP contribution in [0.25, 0.3) is 5.57 Å². The minimum atomic E-state index is 0.148. The zero-order valence-corrected chi connectivity index (χ0v) is 11.5. The molecule has 2 N–H and O–H groups in total. The number of nitrogens with two attached hydrogens (primary N) is 1. The van der Waals surface area contributed by atoms with Gasteiger partial charge in [-0.2, -0.15) is 5.10 Å². The second kappa shape index (κ2) is 5.24. The van der Waals surface area contributed by atoms with Gasteiger partial charge in [-0.3, -0.25) is 4.68 Å². The van der Waals surface area contributed by atoms with Crippen molar-refractivity contribution in [2.45, 2.75) is 39.3 Å². The van der Waals surface area contributed by atoms with E-state index in [2.05, 4.69) is 31.1 Å². The normalized spacial score (nSPS) is 22.9. The van der Waals surface area contributed by atoms with Crippen LogP contribution in [0.4, 0.5) is 0 Å². The average molecular weight is 249 g/mol. The van der Waals surface area contributed by atoms with Crippen molar-refractivity contribution in [2.75, 3.05) is 13.7 Å². The zero-order valence-electron chi connectivity index (χ0n) is 11.5. The van der Waals surface area contributed by atoms with E-state index in [4.69, 9.17) is 10.5 Å². The maximum absolute atomic E-state index is 6.13. The van der Waals surface area contributed by atoms with E-state index in [1.165, 1.54) is 11.3 Å². The molecule has 2 rings (SSSR count). The molecular formula is C14H23N3O. The molecule has 0 aliphatic heterocycles. The lowest BCUT2D eigenvalue weighted by Gasteiger charge is -2.33. The molecule has 0 amide bonds. The molecule has 0 saturated heterocycles. The molecular weight excluding hydrogens is 226 g/mol. The molecule has 0 aromatic carbocycles. The molecule has 1 aliphatic rings. The Bertz CT molecular complexity index is 434. The number of hydrogen-bond acceptors (Lipinski definition) is 3. The van der Waals surface area contributed by atoms with E-state index >= 15 is 0 Å². The smallest absolute Gasteiger partial charge is 0.0659 e. The van der Waals surface area contributed by atoms with Gasteiger partial charge in [-0.05, 0) is 29.9 Å². The molecule has 1 aliphatic carbocycles. The van der Waals surface area contributed by atoms with Crippen molar-refractivity contribution in [1.82, 2.24) is 9.78 Å². The van der Waals surface area contributed by atoms with Crippen LogP contribution in [0.1, 0.15) is 32.4 Å². The maximum atomic E-state index is 6.13. The molecule has 0 fully saturated rings. The van der Waals surface area contributed by atoms with E-state index in [-0.39, 0.29) is 11.5 Å². The van der Waals surface area contributed by atoms with E-state index in [9.17, 15) is 0 Å². The Balaban J connectivity index is 2.23. The Hall–Kier alpha value is -1.13. The number of allylic oxidation sites excluding steroid dienone is 1.